The Bertz CT molecular complexity index is 93.1. The Morgan fingerprint density at radius 1 is 1.78 bits per heavy atom. The molecule has 1 unspecified atom stereocenters. The predicted octanol–water partition coefficient (Wildman–Crippen LogP) is 2.10. The Hall–Kier alpha value is 0.400. The molecule has 0 amide bonds. The van der Waals surface area contributed by atoms with E-state index in [0.29, 0.717) is 6.10 Å². The number of thiocarbonyl (C=S) groups is 1. The van der Waals surface area contributed by atoms with Crippen LogP contribution in [0.3, 0.4) is 0 Å². The van der Waals surface area contributed by atoms with Crippen LogP contribution in [-0.2, 0) is 4.74 Å². The maximum Gasteiger partial charge on any atom is 0.0637 e. The number of methoxy groups -OCH3 is 1. The van der Waals surface area contributed by atoms with Crippen LogP contribution in [-0.4, -0.2) is 23.2 Å². The Balaban J connectivity index is 3.16. The van der Waals surface area contributed by atoms with Gasteiger partial charge in [-0.3, -0.25) is 0 Å². The Kier molecular flexibility index (Phi) is 5.44. The van der Waals surface area contributed by atoms with Crippen molar-refractivity contribution in [2.75, 3.05) is 12.9 Å². The van der Waals surface area contributed by atoms with Crippen molar-refractivity contribution in [1.29, 1.82) is 0 Å². The third-order valence-corrected chi connectivity index (χ3v) is 2.32. The summed E-state index contributed by atoms with van der Waals surface area (Å²) < 4.78 is 6.01. The Morgan fingerprint density at radius 2 is 2.33 bits per heavy atom. The largest absolute Gasteiger partial charge is 0.381 e. The zero-order chi connectivity index (χ0) is 7.28. The molecule has 54 valence electrons. The lowest BCUT2D eigenvalue weighted by molar-refractivity contribution is 0.138. The van der Waals surface area contributed by atoms with Gasteiger partial charge in [0.05, 0.1) is 6.10 Å². The summed E-state index contributed by atoms with van der Waals surface area (Å²) in [4.78, 5) is 0. The monoisotopic (exact) mass is 164 g/mol. The number of rotatable bonds is 3. The molecular weight excluding hydrogens is 152 g/mol. The Morgan fingerprint density at radius 3 is 2.67 bits per heavy atom. The van der Waals surface area contributed by atoms with Crippen molar-refractivity contribution in [2.45, 2.75) is 20.0 Å². The molecule has 0 radical (unpaired) electrons. The van der Waals surface area contributed by atoms with E-state index in [-0.39, 0.29) is 0 Å². The van der Waals surface area contributed by atoms with Gasteiger partial charge >= 0.3 is 0 Å². The highest BCUT2D eigenvalue weighted by Crippen LogP contribution is 2.06. The summed E-state index contributed by atoms with van der Waals surface area (Å²) in [6.07, 6.45) is 0.313. The molecule has 0 bridgehead atoms. The van der Waals surface area contributed by atoms with Crippen LogP contribution in [0.2, 0.25) is 0 Å². The van der Waals surface area contributed by atoms with Gasteiger partial charge in [0.25, 0.3) is 0 Å². The highest BCUT2D eigenvalue weighted by Gasteiger charge is 1.98. The van der Waals surface area contributed by atoms with Crippen molar-refractivity contribution in [2.24, 2.45) is 0 Å². The lowest BCUT2D eigenvalue weighted by atomic mass is 10.5. The van der Waals surface area contributed by atoms with Gasteiger partial charge in [-0.25, -0.2) is 0 Å². The first-order valence-corrected chi connectivity index (χ1v) is 4.22. The molecule has 0 aromatic heterocycles. The van der Waals surface area contributed by atoms with Crippen LogP contribution < -0.4 is 0 Å². The number of hydrogen-bond acceptors (Lipinski definition) is 3. The molecule has 1 atom stereocenters. The maximum atomic E-state index is 5.02. The molecule has 0 aromatic rings. The molecule has 0 aliphatic rings. The molecule has 0 heterocycles. The molecule has 0 saturated carbocycles. The molecule has 1 nitrogen and oxygen atoms in total. The zero-order valence-corrected chi connectivity index (χ0v) is 7.64. The van der Waals surface area contributed by atoms with Gasteiger partial charge in [-0.05, 0) is 13.8 Å². The summed E-state index contributed by atoms with van der Waals surface area (Å²) in [6, 6.07) is 0. The van der Waals surface area contributed by atoms with Gasteiger partial charge in [0, 0.05) is 17.1 Å². The van der Waals surface area contributed by atoms with E-state index in [9.17, 15) is 0 Å². The summed E-state index contributed by atoms with van der Waals surface area (Å²) >= 11 is 6.54. The minimum absolute atomic E-state index is 0.313. The minimum Gasteiger partial charge on any atom is -0.381 e. The van der Waals surface area contributed by atoms with Crippen molar-refractivity contribution in [3.8, 4) is 0 Å². The smallest absolute Gasteiger partial charge is 0.0637 e. The van der Waals surface area contributed by atoms with E-state index in [4.69, 9.17) is 17.0 Å². The fourth-order valence-corrected chi connectivity index (χ4v) is 1.11. The molecule has 0 N–H and O–H groups in total. The molecule has 0 aliphatic carbocycles. The first kappa shape index (κ1) is 9.40. The van der Waals surface area contributed by atoms with Crippen molar-refractivity contribution in [3.05, 3.63) is 0 Å². The van der Waals surface area contributed by atoms with Crippen LogP contribution in [0, 0.1) is 0 Å². The van der Waals surface area contributed by atoms with Gasteiger partial charge in [-0.15, -0.1) is 11.8 Å². The molecule has 9 heavy (non-hydrogen) atoms. The maximum absolute atomic E-state index is 5.02. The average Bonchev–Trinajstić information content (AvgIpc) is 1.83. The highest BCUT2D eigenvalue weighted by molar-refractivity contribution is 8.23. The van der Waals surface area contributed by atoms with Crippen LogP contribution in [0.5, 0.6) is 0 Å². The van der Waals surface area contributed by atoms with E-state index in [1.54, 1.807) is 18.9 Å². The summed E-state index contributed by atoms with van der Waals surface area (Å²) in [5, 5.41) is 0. The molecule has 0 fully saturated rings. The van der Waals surface area contributed by atoms with E-state index in [2.05, 4.69) is 0 Å². The molecule has 0 rings (SSSR count). The van der Waals surface area contributed by atoms with Crippen LogP contribution in [0.15, 0.2) is 0 Å². The zero-order valence-electron chi connectivity index (χ0n) is 6.01. The summed E-state index contributed by atoms with van der Waals surface area (Å²) in [5.41, 5.74) is 0. The van der Waals surface area contributed by atoms with E-state index in [1.165, 1.54) is 0 Å². The lowest BCUT2D eigenvalue weighted by Gasteiger charge is -2.06. The van der Waals surface area contributed by atoms with Crippen molar-refractivity contribution >= 4 is 28.2 Å². The molecule has 0 saturated heterocycles. The second-order valence-corrected chi connectivity index (χ2v) is 3.95. The second kappa shape index (κ2) is 5.21. The summed E-state index contributed by atoms with van der Waals surface area (Å²) in [5.74, 6) is 0.964. The standard InChI is InChI=1S/C6H12OS2/c1-5(7-3)4-9-6(2)8/h5H,4H2,1-3H3. The van der Waals surface area contributed by atoms with Gasteiger partial charge in [0.1, 0.15) is 0 Å². The third kappa shape index (κ3) is 6.28. The number of thioether (sulfide) groups is 1. The molecular formula is C6H12OS2. The SMILES string of the molecule is COC(C)CSC(C)=S. The van der Waals surface area contributed by atoms with E-state index in [1.807, 2.05) is 13.8 Å². The van der Waals surface area contributed by atoms with E-state index >= 15 is 0 Å². The van der Waals surface area contributed by atoms with Gasteiger partial charge in [-0.2, -0.15) is 0 Å². The molecule has 0 aromatic carbocycles. The molecule has 0 spiro atoms. The van der Waals surface area contributed by atoms with Gasteiger partial charge in [0.2, 0.25) is 0 Å². The third-order valence-electron chi connectivity index (χ3n) is 0.924. The number of hydrogen-bond donors (Lipinski definition) is 0. The summed E-state index contributed by atoms with van der Waals surface area (Å²) in [7, 11) is 1.71. The first-order valence-electron chi connectivity index (χ1n) is 2.83. The van der Waals surface area contributed by atoms with Crippen LogP contribution in [0.25, 0.3) is 0 Å². The predicted molar refractivity (Wildman–Crippen MR) is 47.2 cm³/mol. The molecule has 0 aliphatic heterocycles. The first-order chi connectivity index (χ1) is 4.16. The summed E-state index contributed by atoms with van der Waals surface area (Å²) in [6.45, 7) is 3.97. The fourth-order valence-electron chi connectivity index (χ4n) is 0.303. The highest BCUT2D eigenvalue weighted by atomic mass is 32.2. The van der Waals surface area contributed by atoms with E-state index < -0.39 is 0 Å². The quantitative estimate of drug-likeness (QED) is 0.591. The van der Waals surface area contributed by atoms with Crippen molar-refractivity contribution in [1.82, 2.24) is 0 Å². The molecule has 3 heteroatoms. The number of ether oxygens (including phenoxy) is 1. The normalized spacial score (nSPS) is 13.2. The fraction of sp³-hybridized carbons (Fsp3) is 0.833. The van der Waals surface area contributed by atoms with Gasteiger partial charge < -0.3 is 4.74 Å². The van der Waals surface area contributed by atoms with E-state index in [0.717, 1.165) is 9.95 Å². The Labute approximate surface area is 66.2 Å². The van der Waals surface area contributed by atoms with Crippen molar-refractivity contribution in [3.63, 3.8) is 0 Å². The second-order valence-electron chi connectivity index (χ2n) is 1.85. The van der Waals surface area contributed by atoms with Crippen LogP contribution in [0.1, 0.15) is 13.8 Å². The minimum atomic E-state index is 0.313. The van der Waals surface area contributed by atoms with Gasteiger partial charge in [0.15, 0.2) is 0 Å². The van der Waals surface area contributed by atoms with Gasteiger partial charge in [-0.1, -0.05) is 12.2 Å². The van der Waals surface area contributed by atoms with Crippen LogP contribution >= 0.6 is 24.0 Å². The average molecular weight is 164 g/mol. The van der Waals surface area contributed by atoms with Crippen LogP contribution in [0.4, 0.5) is 0 Å². The lowest BCUT2D eigenvalue weighted by Crippen LogP contribution is -2.08. The van der Waals surface area contributed by atoms with Crippen molar-refractivity contribution < 1.29 is 4.74 Å². The topological polar surface area (TPSA) is 9.23 Å².